The van der Waals surface area contributed by atoms with Gasteiger partial charge < -0.3 is 20.5 Å². The smallest absolute Gasteiger partial charge is 0.183 e. The highest BCUT2D eigenvalue weighted by Crippen LogP contribution is 2.25. The Morgan fingerprint density at radius 3 is 2.69 bits per heavy atom. The lowest BCUT2D eigenvalue weighted by Gasteiger charge is -2.24. The number of ether oxygens (including phenoxy) is 2. The molecule has 4 heteroatoms. The molecule has 16 heavy (non-hydrogen) atoms. The van der Waals surface area contributed by atoms with E-state index in [1.165, 1.54) is 5.57 Å². The molecule has 0 amide bonds. The van der Waals surface area contributed by atoms with Gasteiger partial charge in [-0.25, -0.2) is 0 Å². The molecule has 0 radical (unpaired) electrons. The molecule has 3 N–H and O–H groups in total. The highest BCUT2D eigenvalue weighted by Gasteiger charge is 2.21. The van der Waals surface area contributed by atoms with Crippen molar-refractivity contribution in [3.05, 3.63) is 11.5 Å². The van der Waals surface area contributed by atoms with Crippen LogP contribution in [-0.4, -0.2) is 32.4 Å². The third-order valence-corrected chi connectivity index (χ3v) is 3.53. The third kappa shape index (κ3) is 2.89. The van der Waals surface area contributed by atoms with Crippen molar-refractivity contribution in [2.45, 2.75) is 32.3 Å². The minimum absolute atomic E-state index is 0.259. The summed E-state index contributed by atoms with van der Waals surface area (Å²) in [5.74, 6) is 1.18. The first-order valence-electron chi connectivity index (χ1n) is 6.18. The van der Waals surface area contributed by atoms with Gasteiger partial charge in [0.05, 0.1) is 0 Å². The summed E-state index contributed by atoms with van der Waals surface area (Å²) in [5.41, 5.74) is 7.22. The van der Waals surface area contributed by atoms with Crippen molar-refractivity contribution >= 4 is 0 Å². The summed E-state index contributed by atoms with van der Waals surface area (Å²) in [5, 5.41) is 3.27. The van der Waals surface area contributed by atoms with Gasteiger partial charge in [0.15, 0.2) is 5.88 Å². The average molecular weight is 226 g/mol. The van der Waals surface area contributed by atoms with E-state index in [1.807, 2.05) is 0 Å². The van der Waals surface area contributed by atoms with Crippen LogP contribution in [0.15, 0.2) is 11.5 Å². The maximum Gasteiger partial charge on any atom is 0.183 e. The van der Waals surface area contributed by atoms with E-state index in [9.17, 15) is 0 Å². The first kappa shape index (κ1) is 11.7. The first-order chi connectivity index (χ1) is 7.77. The van der Waals surface area contributed by atoms with Crippen LogP contribution >= 0.6 is 0 Å². The number of hydrogen-bond acceptors (Lipinski definition) is 4. The van der Waals surface area contributed by atoms with E-state index in [1.54, 1.807) is 0 Å². The molecule has 4 nitrogen and oxygen atoms in total. The number of rotatable bonds is 3. The van der Waals surface area contributed by atoms with Crippen molar-refractivity contribution in [1.29, 1.82) is 0 Å². The zero-order valence-corrected chi connectivity index (χ0v) is 10.00. The predicted octanol–water partition coefficient (Wildman–Crippen LogP) is 0.982. The fourth-order valence-corrected chi connectivity index (χ4v) is 2.33. The van der Waals surface area contributed by atoms with Gasteiger partial charge in [-0.05, 0) is 44.2 Å². The van der Waals surface area contributed by atoms with Gasteiger partial charge in [0.1, 0.15) is 6.10 Å². The van der Waals surface area contributed by atoms with Crippen LogP contribution in [0.3, 0.4) is 0 Å². The Bertz CT molecular complexity index is 254. The lowest BCUT2D eigenvalue weighted by molar-refractivity contribution is 0.0710. The standard InChI is InChI=1S/C12H22N2O2/c1-9(10-3-6-15-7-4-10)12(13)16-11-2-5-14-8-11/h10-11,14H,2-8,13H2,1H3/b12-9-/t11-/m0/s1. The molecular weight excluding hydrogens is 204 g/mol. The Balaban J connectivity index is 1.90. The third-order valence-electron chi connectivity index (χ3n) is 3.53. The lowest BCUT2D eigenvalue weighted by atomic mass is 9.93. The summed E-state index contributed by atoms with van der Waals surface area (Å²) in [6, 6.07) is 0. The molecular formula is C12H22N2O2. The highest BCUT2D eigenvalue weighted by atomic mass is 16.5. The summed E-state index contributed by atoms with van der Waals surface area (Å²) in [6.07, 6.45) is 3.45. The van der Waals surface area contributed by atoms with Crippen molar-refractivity contribution in [2.24, 2.45) is 11.7 Å². The van der Waals surface area contributed by atoms with Crippen LogP contribution in [0, 0.1) is 5.92 Å². The van der Waals surface area contributed by atoms with Gasteiger partial charge in [0.2, 0.25) is 0 Å². The SMILES string of the molecule is C/C(=C(\N)O[C@H]1CCNC1)C1CCOCC1. The molecule has 0 aromatic carbocycles. The van der Waals surface area contributed by atoms with E-state index < -0.39 is 0 Å². The minimum Gasteiger partial charge on any atom is -0.475 e. The average Bonchev–Trinajstić information content (AvgIpc) is 2.82. The van der Waals surface area contributed by atoms with Crippen molar-refractivity contribution in [3.63, 3.8) is 0 Å². The second kappa shape index (κ2) is 5.55. The molecule has 2 fully saturated rings. The Morgan fingerprint density at radius 1 is 1.31 bits per heavy atom. The van der Waals surface area contributed by atoms with Gasteiger partial charge in [-0.3, -0.25) is 0 Å². The molecule has 2 aliphatic heterocycles. The number of allylic oxidation sites excluding steroid dienone is 1. The maximum atomic E-state index is 6.02. The lowest BCUT2D eigenvalue weighted by Crippen LogP contribution is -2.23. The quantitative estimate of drug-likeness (QED) is 0.704. The summed E-state index contributed by atoms with van der Waals surface area (Å²) in [6.45, 7) is 5.74. The molecule has 0 aromatic rings. The molecule has 0 bridgehead atoms. The minimum atomic E-state index is 0.259. The van der Waals surface area contributed by atoms with Crippen LogP contribution < -0.4 is 11.1 Å². The van der Waals surface area contributed by atoms with Crippen LogP contribution in [0.1, 0.15) is 26.2 Å². The van der Waals surface area contributed by atoms with Crippen molar-refractivity contribution in [2.75, 3.05) is 26.3 Å². The van der Waals surface area contributed by atoms with Gasteiger partial charge in [0, 0.05) is 19.8 Å². The topological polar surface area (TPSA) is 56.5 Å². The molecule has 0 aromatic heterocycles. The second-order valence-electron chi connectivity index (χ2n) is 4.67. The van der Waals surface area contributed by atoms with Gasteiger partial charge in [0.25, 0.3) is 0 Å². The monoisotopic (exact) mass is 226 g/mol. The molecule has 2 aliphatic rings. The first-order valence-corrected chi connectivity index (χ1v) is 6.18. The van der Waals surface area contributed by atoms with E-state index >= 15 is 0 Å². The Hall–Kier alpha value is -0.740. The molecule has 0 unspecified atom stereocenters. The molecule has 0 aliphatic carbocycles. The van der Waals surface area contributed by atoms with Crippen molar-refractivity contribution < 1.29 is 9.47 Å². The fourth-order valence-electron chi connectivity index (χ4n) is 2.33. The van der Waals surface area contributed by atoms with Crippen LogP contribution in [-0.2, 0) is 9.47 Å². The largest absolute Gasteiger partial charge is 0.475 e. The van der Waals surface area contributed by atoms with Crippen LogP contribution in [0.2, 0.25) is 0 Å². The van der Waals surface area contributed by atoms with Crippen molar-refractivity contribution in [3.8, 4) is 0 Å². The normalized spacial score (nSPS) is 28.9. The molecule has 2 saturated heterocycles. The Labute approximate surface area is 97.2 Å². The van der Waals surface area contributed by atoms with E-state index in [0.29, 0.717) is 11.8 Å². The highest BCUT2D eigenvalue weighted by molar-refractivity contribution is 5.08. The fraction of sp³-hybridized carbons (Fsp3) is 0.833. The molecule has 2 rings (SSSR count). The number of nitrogens with two attached hydrogens (primary N) is 1. The summed E-state index contributed by atoms with van der Waals surface area (Å²) < 4.78 is 11.1. The van der Waals surface area contributed by atoms with E-state index in [-0.39, 0.29) is 6.10 Å². The molecule has 0 spiro atoms. The van der Waals surface area contributed by atoms with Gasteiger partial charge in [-0.15, -0.1) is 0 Å². The molecule has 2 heterocycles. The molecule has 0 saturated carbocycles. The van der Waals surface area contributed by atoms with Crippen LogP contribution in [0.4, 0.5) is 0 Å². The van der Waals surface area contributed by atoms with E-state index in [0.717, 1.165) is 45.6 Å². The predicted molar refractivity (Wildman–Crippen MR) is 62.8 cm³/mol. The van der Waals surface area contributed by atoms with Crippen LogP contribution in [0.25, 0.3) is 0 Å². The number of hydrogen-bond donors (Lipinski definition) is 2. The molecule has 1 atom stereocenters. The van der Waals surface area contributed by atoms with Gasteiger partial charge in [-0.1, -0.05) is 0 Å². The number of nitrogens with one attached hydrogen (secondary N) is 1. The van der Waals surface area contributed by atoms with E-state index in [4.69, 9.17) is 15.2 Å². The van der Waals surface area contributed by atoms with Crippen molar-refractivity contribution in [1.82, 2.24) is 5.32 Å². The zero-order chi connectivity index (χ0) is 11.4. The van der Waals surface area contributed by atoms with Gasteiger partial charge >= 0.3 is 0 Å². The maximum absolute atomic E-state index is 6.02. The summed E-state index contributed by atoms with van der Waals surface area (Å²) in [4.78, 5) is 0. The summed E-state index contributed by atoms with van der Waals surface area (Å²) >= 11 is 0. The van der Waals surface area contributed by atoms with E-state index in [2.05, 4.69) is 12.2 Å². The van der Waals surface area contributed by atoms with Gasteiger partial charge in [-0.2, -0.15) is 0 Å². The zero-order valence-electron chi connectivity index (χ0n) is 10.00. The Morgan fingerprint density at radius 2 is 2.06 bits per heavy atom. The van der Waals surface area contributed by atoms with Crippen LogP contribution in [0.5, 0.6) is 0 Å². The second-order valence-corrected chi connectivity index (χ2v) is 4.67. The summed E-state index contributed by atoms with van der Waals surface area (Å²) in [7, 11) is 0. The Kier molecular flexibility index (Phi) is 4.07. The molecule has 92 valence electrons.